The van der Waals surface area contributed by atoms with Gasteiger partial charge in [0, 0.05) is 12.1 Å². The Labute approximate surface area is 112 Å². The van der Waals surface area contributed by atoms with E-state index in [1.807, 2.05) is 24.3 Å². The van der Waals surface area contributed by atoms with Gasteiger partial charge in [0.05, 0.1) is 0 Å². The molecule has 0 aromatic heterocycles. The average Bonchev–Trinajstić information content (AvgIpc) is 2.31. The highest BCUT2D eigenvalue weighted by atomic mass is 19.4. The normalized spacial score (nSPS) is 11.7. The van der Waals surface area contributed by atoms with Gasteiger partial charge in [0.25, 0.3) is 0 Å². The number of alkyl halides is 3. The van der Waals surface area contributed by atoms with Crippen LogP contribution in [0.1, 0.15) is 31.2 Å². The fourth-order valence-electron chi connectivity index (χ4n) is 1.87. The summed E-state index contributed by atoms with van der Waals surface area (Å²) in [5.41, 5.74) is 7.63. The van der Waals surface area contributed by atoms with Crippen molar-refractivity contribution in [2.75, 3.05) is 18.8 Å². The predicted octanol–water partition coefficient (Wildman–Crippen LogP) is 3.52. The maximum absolute atomic E-state index is 11.9. The van der Waals surface area contributed by atoms with Gasteiger partial charge >= 0.3 is 6.18 Å². The van der Waals surface area contributed by atoms with E-state index < -0.39 is 12.6 Å². The number of unbranched alkanes of at least 4 members (excludes halogenated alkanes) is 1. The van der Waals surface area contributed by atoms with Crippen LogP contribution in [0.3, 0.4) is 0 Å². The van der Waals surface area contributed by atoms with Gasteiger partial charge in [0.15, 0.2) is 0 Å². The highest BCUT2D eigenvalue weighted by molar-refractivity contribution is 5.40. The lowest BCUT2D eigenvalue weighted by Gasteiger charge is -2.07. The van der Waals surface area contributed by atoms with Crippen LogP contribution in [0.25, 0.3) is 0 Å². The van der Waals surface area contributed by atoms with Crippen molar-refractivity contribution in [1.29, 1.82) is 0 Å². The minimum Gasteiger partial charge on any atom is -0.399 e. The van der Waals surface area contributed by atoms with Gasteiger partial charge in [-0.2, -0.15) is 13.2 Å². The number of halogens is 3. The minimum atomic E-state index is -4.02. The number of aryl methyl sites for hydroxylation is 1. The van der Waals surface area contributed by atoms with E-state index in [-0.39, 0.29) is 6.42 Å². The molecule has 0 unspecified atom stereocenters. The summed E-state index contributed by atoms with van der Waals surface area (Å²) in [6, 6.07) is 7.75. The number of nitrogens with two attached hydrogens (primary N) is 1. The van der Waals surface area contributed by atoms with Gasteiger partial charge in [0.2, 0.25) is 0 Å². The first-order valence-corrected chi connectivity index (χ1v) is 6.59. The number of benzene rings is 1. The number of nitrogens with one attached hydrogen (secondary N) is 1. The largest absolute Gasteiger partial charge is 0.399 e. The van der Waals surface area contributed by atoms with E-state index in [0.29, 0.717) is 13.0 Å². The van der Waals surface area contributed by atoms with E-state index in [4.69, 9.17) is 5.73 Å². The lowest BCUT2D eigenvalue weighted by atomic mass is 10.1. The van der Waals surface area contributed by atoms with Crippen LogP contribution in [-0.4, -0.2) is 19.3 Å². The molecule has 0 saturated heterocycles. The molecule has 0 fully saturated rings. The minimum absolute atomic E-state index is 0.200. The van der Waals surface area contributed by atoms with E-state index in [9.17, 15) is 13.2 Å². The third-order valence-corrected chi connectivity index (χ3v) is 2.83. The van der Waals surface area contributed by atoms with Crippen molar-refractivity contribution in [3.8, 4) is 0 Å². The molecular weight excluding hydrogens is 253 g/mol. The molecule has 5 heteroatoms. The maximum Gasteiger partial charge on any atom is 0.389 e. The van der Waals surface area contributed by atoms with Crippen LogP contribution in [0.5, 0.6) is 0 Å². The van der Waals surface area contributed by atoms with E-state index in [0.717, 1.165) is 25.1 Å². The summed E-state index contributed by atoms with van der Waals surface area (Å²) in [4.78, 5) is 0. The Morgan fingerprint density at radius 3 is 2.47 bits per heavy atom. The molecule has 0 aliphatic carbocycles. The van der Waals surface area contributed by atoms with Crippen LogP contribution in [0, 0.1) is 0 Å². The molecule has 0 aliphatic heterocycles. The van der Waals surface area contributed by atoms with Crippen molar-refractivity contribution in [3.63, 3.8) is 0 Å². The molecule has 0 radical (unpaired) electrons. The summed E-state index contributed by atoms with van der Waals surface area (Å²) in [6.45, 7) is 1.47. The maximum atomic E-state index is 11.9. The van der Waals surface area contributed by atoms with Crippen molar-refractivity contribution in [2.45, 2.75) is 38.3 Å². The molecule has 1 aromatic rings. The summed E-state index contributed by atoms with van der Waals surface area (Å²) in [6.07, 6.45) is -2.04. The third-order valence-electron chi connectivity index (χ3n) is 2.83. The number of hydrogen-bond acceptors (Lipinski definition) is 2. The summed E-state index contributed by atoms with van der Waals surface area (Å²) >= 11 is 0. The van der Waals surface area contributed by atoms with E-state index in [1.54, 1.807) is 0 Å². The van der Waals surface area contributed by atoms with Crippen molar-refractivity contribution < 1.29 is 13.2 Å². The summed E-state index contributed by atoms with van der Waals surface area (Å²) < 4.78 is 35.6. The number of anilines is 1. The SMILES string of the molecule is Nc1cccc(CCCNCCCCC(F)(F)F)c1. The Morgan fingerprint density at radius 1 is 1.05 bits per heavy atom. The monoisotopic (exact) mass is 274 g/mol. The van der Waals surface area contributed by atoms with Crippen LogP contribution in [0.15, 0.2) is 24.3 Å². The molecule has 0 saturated carbocycles. The topological polar surface area (TPSA) is 38.0 Å². The van der Waals surface area contributed by atoms with Crippen molar-refractivity contribution >= 4 is 5.69 Å². The van der Waals surface area contributed by atoms with Gasteiger partial charge in [-0.05, 0) is 56.5 Å². The van der Waals surface area contributed by atoms with Gasteiger partial charge in [0.1, 0.15) is 0 Å². The molecule has 2 nitrogen and oxygen atoms in total. The number of rotatable bonds is 8. The molecule has 0 bridgehead atoms. The molecule has 19 heavy (non-hydrogen) atoms. The third kappa shape index (κ3) is 8.48. The lowest BCUT2D eigenvalue weighted by Crippen LogP contribution is -2.18. The Balaban J connectivity index is 1.97. The predicted molar refractivity (Wildman–Crippen MR) is 72.0 cm³/mol. The highest BCUT2D eigenvalue weighted by Crippen LogP contribution is 2.21. The van der Waals surface area contributed by atoms with Crippen LogP contribution in [0.4, 0.5) is 18.9 Å². The smallest absolute Gasteiger partial charge is 0.389 e. The van der Waals surface area contributed by atoms with Crippen molar-refractivity contribution in [1.82, 2.24) is 5.32 Å². The van der Waals surface area contributed by atoms with Gasteiger partial charge in [-0.1, -0.05) is 12.1 Å². The first-order chi connectivity index (χ1) is 8.97. The summed E-state index contributed by atoms with van der Waals surface area (Å²) in [5.74, 6) is 0. The second-order valence-corrected chi connectivity index (χ2v) is 4.67. The van der Waals surface area contributed by atoms with Crippen LogP contribution in [0.2, 0.25) is 0 Å². The Hall–Kier alpha value is -1.23. The quantitative estimate of drug-likeness (QED) is 0.562. The van der Waals surface area contributed by atoms with Gasteiger partial charge in [-0.25, -0.2) is 0 Å². The van der Waals surface area contributed by atoms with E-state index in [1.165, 1.54) is 5.56 Å². The van der Waals surface area contributed by atoms with Crippen molar-refractivity contribution in [2.24, 2.45) is 0 Å². The Morgan fingerprint density at radius 2 is 1.79 bits per heavy atom. The van der Waals surface area contributed by atoms with Crippen LogP contribution < -0.4 is 11.1 Å². The fourth-order valence-corrected chi connectivity index (χ4v) is 1.87. The molecule has 0 heterocycles. The molecule has 0 amide bonds. The Bertz CT molecular complexity index is 364. The number of hydrogen-bond donors (Lipinski definition) is 2. The molecule has 108 valence electrons. The summed E-state index contributed by atoms with van der Waals surface area (Å²) in [7, 11) is 0. The second kappa shape index (κ2) is 8.04. The zero-order valence-electron chi connectivity index (χ0n) is 11.0. The van der Waals surface area contributed by atoms with Crippen molar-refractivity contribution in [3.05, 3.63) is 29.8 Å². The standard InChI is InChI=1S/C14H21F3N2/c15-14(16,17)8-1-2-9-19-10-4-6-12-5-3-7-13(18)11-12/h3,5,7,11,19H,1-2,4,6,8-10,18H2. The Kier molecular flexibility index (Phi) is 6.70. The second-order valence-electron chi connectivity index (χ2n) is 4.67. The van der Waals surface area contributed by atoms with Crippen LogP contribution in [-0.2, 0) is 6.42 Å². The lowest BCUT2D eigenvalue weighted by molar-refractivity contribution is -0.135. The van der Waals surface area contributed by atoms with Gasteiger partial charge in [-0.3, -0.25) is 0 Å². The molecule has 3 N–H and O–H groups in total. The molecule has 0 aliphatic rings. The summed E-state index contributed by atoms with van der Waals surface area (Å²) in [5, 5.41) is 3.16. The first-order valence-electron chi connectivity index (χ1n) is 6.59. The molecule has 0 spiro atoms. The number of nitrogen functional groups attached to an aromatic ring is 1. The highest BCUT2D eigenvalue weighted by Gasteiger charge is 2.25. The fraction of sp³-hybridized carbons (Fsp3) is 0.571. The van der Waals surface area contributed by atoms with Gasteiger partial charge in [-0.15, -0.1) is 0 Å². The van der Waals surface area contributed by atoms with E-state index >= 15 is 0 Å². The zero-order chi connectivity index (χ0) is 14.1. The van der Waals surface area contributed by atoms with Gasteiger partial charge < -0.3 is 11.1 Å². The molecule has 1 rings (SSSR count). The van der Waals surface area contributed by atoms with Crippen LogP contribution >= 0.6 is 0 Å². The average molecular weight is 274 g/mol. The zero-order valence-corrected chi connectivity index (χ0v) is 11.0. The first kappa shape index (κ1) is 15.8. The molecule has 1 aromatic carbocycles. The molecule has 0 atom stereocenters. The molecular formula is C14H21F3N2. The van der Waals surface area contributed by atoms with E-state index in [2.05, 4.69) is 5.32 Å².